The highest BCUT2D eigenvalue weighted by Gasteiger charge is 2.24. The van der Waals surface area contributed by atoms with Crippen LogP contribution >= 0.6 is 0 Å². The zero-order valence-electron chi connectivity index (χ0n) is 12.4. The number of sulfonamides is 1. The molecule has 1 aliphatic rings. The van der Waals surface area contributed by atoms with Gasteiger partial charge in [-0.05, 0) is 26.7 Å². The second-order valence-corrected chi connectivity index (χ2v) is 7.28. The standard InChI is InChI=1S/C14H25N3O2S/c1-3-17-11-14(12(2)15-17)20(18,19)16-13-9-7-5-4-6-8-10-13/h11,13,16H,3-10H2,1-2H3. The van der Waals surface area contributed by atoms with Crippen molar-refractivity contribution in [2.24, 2.45) is 0 Å². The largest absolute Gasteiger partial charge is 0.271 e. The minimum absolute atomic E-state index is 0.0738. The molecule has 0 amide bonds. The average Bonchev–Trinajstić information content (AvgIpc) is 2.75. The van der Waals surface area contributed by atoms with Crippen LogP contribution in [0.25, 0.3) is 0 Å². The molecule has 20 heavy (non-hydrogen) atoms. The summed E-state index contributed by atoms with van der Waals surface area (Å²) in [5, 5.41) is 4.22. The maximum absolute atomic E-state index is 12.5. The van der Waals surface area contributed by atoms with Crippen LogP contribution in [0.3, 0.4) is 0 Å². The number of nitrogens with one attached hydrogen (secondary N) is 1. The Morgan fingerprint density at radius 2 is 1.85 bits per heavy atom. The van der Waals surface area contributed by atoms with E-state index < -0.39 is 10.0 Å². The van der Waals surface area contributed by atoms with Crippen molar-refractivity contribution in [1.29, 1.82) is 0 Å². The van der Waals surface area contributed by atoms with Crippen molar-refractivity contribution in [2.75, 3.05) is 0 Å². The Morgan fingerprint density at radius 1 is 1.25 bits per heavy atom. The van der Waals surface area contributed by atoms with E-state index in [1.54, 1.807) is 17.8 Å². The van der Waals surface area contributed by atoms with E-state index in [0.717, 1.165) is 25.7 Å². The number of hydrogen-bond acceptors (Lipinski definition) is 3. The van der Waals surface area contributed by atoms with Crippen molar-refractivity contribution >= 4 is 10.0 Å². The highest BCUT2D eigenvalue weighted by atomic mass is 32.2. The third kappa shape index (κ3) is 3.82. The van der Waals surface area contributed by atoms with E-state index in [0.29, 0.717) is 17.1 Å². The maximum Gasteiger partial charge on any atom is 0.244 e. The van der Waals surface area contributed by atoms with Crippen molar-refractivity contribution in [3.8, 4) is 0 Å². The van der Waals surface area contributed by atoms with Gasteiger partial charge in [0.05, 0.1) is 5.69 Å². The molecule has 1 N–H and O–H groups in total. The summed E-state index contributed by atoms with van der Waals surface area (Å²) in [6.07, 6.45) is 9.44. The van der Waals surface area contributed by atoms with Gasteiger partial charge in [0, 0.05) is 18.8 Å². The van der Waals surface area contributed by atoms with E-state index in [9.17, 15) is 8.42 Å². The molecule has 1 aliphatic carbocycles. The van der Waals surface area contributed by atoms with Crippen LogP contribution in [0, 0.1) is 6.92 Å². The van der Waals surface area contributed by atoms with Crippen LogP contribution in [0.4, 0.5) is 0 Å². The Hall–Kier alpha value is -0.880. The van der Waals surface area contributed by atoms with Crippen LogP contribution in [0.5, 0.6) is 0 Å². The summed E-state index contributed by atoms with van der Waals surface area (Å²) in [4.78, 5) is 0.321. The summed E-state index contributed by atoms with van der Waals surface area (Å²) in [6.45, 7) is 4.38. The van der Waals surface area contributed by atoms with Gasteiger partial charge in [-0.2, -0.15) is 5.10 Å². The van der Waals surface area contributed by atoms with Gasteiger partial charge in [0.2, 0.25) is 10.0 Å². The highest BCUT2D eigenvalue weighted by Crippen LogP contribution is 2.20. The molecule has 5 nitrogen and oxygen atoms in total. The van der Waals surface area contributed by atoms with Crippen LogP contribution in [-0.4, -0.2) is 24.2 Å². The molecule has 1 heterocycles. The normalized spacial score (nSPS) is 18.7. The lowest BCUT2D eigenvalue weighted by Gasteiger charge is -2.20. The van der Waals surface area contributed by atoms with Gasteiger partial charge in [-0.1, -0.05) is 32.1 Å². The minimum atomic E-state index is -3.44. The predicted octanol–water partition coefficient (Wildman–Crippen LogP) is 2.60. The van der Waals surface area contributed by atoms with Crippen molar-refractivity contribution in [1.82, 2.24) is 14.5 Å². The van der Waals surface area contributed by atoms with Gasteiger partial charge < -0.3 is 0 Å². The first-order valence-corrected chi connectivity index (χ1v) is 9.07. The molecule has 0 aliphatic heterocycles. The van der Waals surface area contributed by atoms with Crippen LogP contribution in [0.1, 0.15) is 57.6 Å². The molecule has 0 bridgehead atoms. The van der Waals surface area contributed by atoms with Gasteiger partial charge in [0.15, 0.2) is 0 Å². The zero-order chi connectivity index (χ0) is 14.6. The molecule has 1 saturated carbocycles. The number of hydrogen-bond donors (Lipinski definition) is 1. The first kappa shape index (κ1) is 15.5. The second kappa shape index (κ2) is 6.72. The zero-order valence-corrected chi connectivity index (χ0v) is 13.2. The number of aryl methyl sites for hydroxylation is 2. The summed E-state index contributed by atoms with van der Waals surface area (Å²) in [6, 6.07) is 0.0738. The van der Waals surface area contributed by atoms with Gasteiger partial charge in [0.25, 0.3) is 0 Å². The minimum Gasteiger partial charge on any atom is -0.271 e. The van der Waals surface area contributed by atoms with Gasteiger partial charge in [-0.3, -0.25) is 4.68 Å². The molecule has 1 aromatic heterocycles. The molecule has 0 spiro atoms. The van der Waals surface area contributed by atoms with Crippen LogP contribution < -0.4 is 4.72 Å². The lowest BCUT2D eigenvalue weighted by molar-refractivity contribution is 0.426. The molecule has 114 valence electrons. The van der Waals surface area contributed by atoms with Gasteiger partial charge in [-0.15, -0.1) is 0 Å². The number of rotatable bonds is 4. The summed E-state index contributed by atoms with van der Waals surface area (Å²) >= 11 is 0. The second-order valence-electron chi connectivity index (χ2n) is 5.60. The molecule has 1 aromatic rings. The average molecular weight is 299 g/mol. The predicted molar refractivity (Wildman–Crippen MR) is 79.1 cm³/mol. The molecule has 0 unspecified atom stereocenters. The van der Waals surface area contributed by atoms with Gasteiger partial charge in [-0.25, -0.2) is 13.1 Å². The first-order valence-electron chi connectivity index (χ1n) is 7.59. The maximum atomic E-state index is 12.5. The third-order valence-electron chi connectivity index (χ3n) is 3.94. The summed E-state index contributed by atoms with van der Waals surface area (Å²) in [5.41, 5.74) is 0.574. The molecule has 2 rings (SSSR count). The number of aromatic nitrogens is 2. The Labute approximate surface area is 121 Å². The third-order valence-corrected chi connectivity index (χ3v) is 5.57. The topological polar surface area (TPSA) is 64.0 Å². The SMILES string of the molecule is CCn1cc(S(=O)(=O)NC2CCCCCCC2)c(C)n1. The smallest absolute Gasteiger partial charge is 0.244 e. The molecule has 1 fully saturated rings. The van der Waals surface area contributed by atoms with E-state index in [1.807, 2.05) is 6.92 Å². The van der Waals surface area contributed by atoms with E-state index in [-0.39, 0.29) is 6.04 Å². The molecular formula is C14H25N3O2S. The molecule has 6 heteroatoms. The molecule has 0 atom stereocenters. The lowest BCUT2D eigenvalue weighted by Crippen LogP contribution is -2.35. The van der Waals surface area contributed by atoms with E-state index >= 15 is 0 Å². The lowest BCUT2D eigenvalue weighted by atomic mass is 9.97. The van der Waals surface area contributed by atoms with Gasteiger partial charge >= 0.3 is 0 Å². The Kier molecular flexibility index (Phi) is 5.21. The van der Waals surface area contributed by atoms with E-state index in [2.05, 4.69) is 9.82 Å². The molecule has 0 saturated heterocycles. The molecule has 0 radical (unpaired) electrons. The summed E-state index contributed by atoms with van der Waals surface area (Å²) in [5.74, 6) is 0. The summed E-state index contributed by atoms with van der Waals surface area (Å²) < 4.78 is 29.5. The van der Waals surface area contributed by atoms with Crippen molar-refractivity contribution in [3.05, 3.63) is 11.9 Å². The fourth-order valence-corrected chi connectivity index (χ4v) is 4.27. The monoisotopic (exact) mass is 299 g/mol. The van der Waals surface area contributed by atoms with E-state index in [4.69, 9.17) is 0 Å². The van der Waals surface area contributed by atoms with Crippen molar-refractivity contribution in [3.63, 3.8) is 0 Å². The Morgan fingerprint density at radius 3 is 2.40 bits per heavy atom. The van der Waals surface area contributed by atoms with Crippen molar-refractivity contribution < 1.29 is 8.42 Å². The van der Waals surface area contributed by atoms with Crippen molar-refractivity contribution in [2.45, 2.75) is 76.3 Å². The fourth-order valence-electron chi connectivity index (χ4n) is 2.78. The molecule has 0 aromatic carbocycles. The Balaban J connectivity index is 2.10. The van der Waals surface area contributed by atoms with E-state index in [1.165, 1.54) is 19.3 Å². The van der Waals surface area contributed by atoms with Crippen LogP contribution in [0.15, 0.2) is 11.1 Å². The van der Waals surface area contributed by atoms with Crippen LogP contribution in [-0.2, 0) is 16.6 Å². The highest BCUT2D eigenvalue weighted by molar-refractivity contribution is 7.89. The quantitative estimate of drug-likeness (QED) is 0.929. The molecular weight excluding hydrogens is 274 g/mol. The summed E-state index contributed by atoms with van der Waals surface area (Å²) in [7, 11) is -3.44. The first-order chi connectivity index (χ1) is 9.53. The van der Waals surface area contributed by atoms with Gasteiger partial charge in [0.1, 0.15) is 4.90 Å². The van der Waals surface area contributed by atoms with Crippen LogP contribution in [0.2, 0.25) is 0 Å². The Bertz CT molecular complexity index is 529. The number of nitrogens with zero attached hydrogens (tertiary/aromatic N) is 2. The fraction of sp³-hybridized carbons (Fsp3) is 0.786.